The van der Waals surface area contributed by atoms with E-state index in [9.17, 15) is 0 Å². The maximum Gasteiger partial charge on any atom is 0.141 e. The first-order valence-corrected chi connectivity index (χ1v) is 6.66. The average molecular weight is 283 g/mol. The van der Waals surface area contributed by atoms with E-state index < -0.39 is 0 Å². The lowest BCUT2D eigenvalue weighted by atomic mass is 10.1. The predicted octanol–water partition coefficient (Wildman–Crippen LogP) is 2.48. The summed E-state index contributed by atoms with van der Waals surface area (Å²) in [5, 5.41) is 0. The van der Waals surface area contributed by atoms with E-state index in [2.05, 4.69) is 4.98 Å². The van der Waals surface area contributed by atoms with Crippen molar-refractivity contribution in [3.8, 4) is 22.8 Å². The molecule has 21 heavy (non-hydrogen) atoms. The van der Waals surface area contributed by atoms with Crippen LogP contribution in [0.25, 0.3) is 16.9 Å². The molecule has 108 valence electrons. The van der Waals surface area contributed by atoms with Crippen molar-refractivity contribution in [2.75, 3.05) is 14.2 Å². The van der Waals surface area contributed by atoms with Crippen molar-refractivity contribution in [2.45, 2.75) is 6.54 Å². The Labute approximate surface area is 122 Å². The van der Waals surface area contributed by atoms with E-state index in [1.807, 2.05) is 47.1 Å². The third-order valence-electron chi connectivity index (χ3n) is 3.47. The van der Waals surface area contributed by atoms with E-state index in [0.717, 1.165) is 34.0 Å². The molecular formula is C16H17N3O2. The summed E-state index contributed by atoms with van der Waals surface area (Å²) in [5.41, 5.74) is 9.35. The molecule has 0 unspecified atom stereocenters. The van der Waals surface area contributed by atoms with Crippen LogP contribution in [-0.4, -0.2) is 23.6 Å². The van der Waals surface area contributed by atoms with Crippen molar-refractivity contribution < 1.29 is 9.47 Å². The van der Waals surface area contributed by atoms with E-state index >= 15 is 0 Å². The summed E-state index contributed by atoms with van der Waals surface area (Å²) in [4.78, 5) is 4.69. The Morgan fingerprint density at radius 3 is 2.76 bits per heavy atom. The monoisotopic (exact) mass is 283 g/mol. The minimum absolute atomic E-state index is 0.454. The number of imidazole rings is 1. The Kier molecular flexibility index (Phi) is 3.50. The molecule has 0 saturated carbocycles. The quantitative estimate of drug-likeness (QED) is 0.799. The summed E-state index contributed by atoms with van der Waals surface area (Å²) < 4.78 is 12.7. The van der Waals surface area contributed by atoms with Crippen molar-refractivity contribution in [3.05, 3.63) is 48.3 Å². The van der Waals surface area contributed by atoms with Crippen LogP contribution in [0.3, 0.4) is 0 Å². The lowest BCUT2D eigenvalue weighted by Crippen LogP contribution is -1.99. The Balaban J connectivity index is 2.20. The van der Waals surface area contributed by atoms with Crippen LogP contribution >= 0.6 is 0 Å². The van der Waals surface area contributed by atoms with E-state index in [4.69, 9.17) is 15.2 Å². The van der Waals surface area contributed by atoms with Gasteiger partial charge in [0.25, 0.3) is 0 Å². The number of nitrogens with two attached hydrogens (primary N) is 1. The normalized spacial score (nSPS) is 10.8. The number of nitrogens with zero attached hydrogens (tertiary/aromatic N) is 2. The number of hydrogen-bond acceptors (Lipinski definition) is 4. The molecule has 0 fully saturated rings. The Morgan fingerprint density at radius 1 is 1.19 bits per heavy atom. The zero-order valence-corrected chi connectivity index (χ0v) is 12.0. The highest BCUT2D eigenvalue weighted by Gasteiger charge is 2.12. The molecule has 2 aromatic heterocycles. The second kappa shape index (κ2) is 5.46. The van der Waals surface area contributed by atoms with Gasteiger partial charge in [0.05, 0.1) is 19.9 Å². The number of benzene rings is 1. The summed E-state index contributed by atoms with van der Waals surface area (Å²) in [5.74, 6) is 1.52. The minimum atomic E-state index is 0.454. The summed E-state index contributed by atoms with van der Waals surface area (Å²) >= 11 is 0. The lowest BCUT2D eigenvalue weighted by molar-refractivity contribution is 0.404. The molecule has 0 bridgehead atoms. The highest BCUT2D eigenvalue weighted by molar-refractivity contribution is 5.71. The molecule has 0 saturated heterocycles. The number of hydrogen-bond donors (Lipinski definition) is 1. The fraction of sp³-hybridized carbons (Fsp3) is 0.188. The van der Waals surface area contributed by atoms with Crippen molar-refractivity contribution in [1.29, 1.82) is 0 Å². The Hall–Kier alpha value is -2.53. The van der Waals surface area contributed by atoms with Gasteiger partial charge in [0, 0.05) is 30.1 Å². The van der Waals surface area contributed by atoms with Gasteiger partial charge in [0.1, 0.15) is 17.1 Å². The van der Waals surface area contributed by atoms with Crippen LogP contribution in [0, 0.1) is 0 Å². The van der Waals surface area contributed by atoms with Crippen molar-refractivity contribution in [3.63, 3.8) is 0 Å². The van der Waals surface area contributed by atoms with Crippen molar-refractivity contribution in [1.82, 2.24) is 9.38 Å². The molecule has 3 rings (SSSR count). The fourth-order valence-electron chi connectivity index (χ4n) is 2.37. The number of rotatable bonds is 4. The van der Waals surface area contributed by atoms with Gasteiger partial charge < -0.3 is 19.6 Å². The van der Waals surface area contributed by atoms with Gasteiger partial charge in [-0.1, -0.05) is 6.07 Å². The van der Waals surface area contributed by atoms with Crippen LogP contribution in [0.4, 0.5) is 0 Å². The van der Waals surface area contributed by atoms with Gasteiger partial charge in [0.15, 0.2) is 0 Å². The molecule has 0 amide bonds. The Morgan fingerprint density at radius 2 is 2.05 bits per heavy atom. The van der Waals surface area contributed by atoms with E-state index in [0.29, 0.717) is 6.54 Å². The topological polar surface area (TPSA) is 61.8 Å². The third-order valence-corrected chi connectivity index (χ3v) is 3.47. The molecule has 3 aromatic rings. The van der Waals surface area contributed by atoms with Crippen LogP contribution in [0.5, 0.6) is 11.5 Å². The Bertz CT molecular complexity index is 780. The van der Waals surface area contributed by atoms with Crippen molar-refractivity contribution >= 4 is 5.65 Å². The number of aromatic nitrogens is 2. The molecular weight excluding hydrogens is 266 g/mol. The summed E-state index contributed by atoms with van der Waals surface area (Å²) in [6, 6.07) is 9.60. The van der Waals surface area contributed by atoms with Gasteiger partial charge in [-0.15, -0.1) is 0 Å². The van der Waals surface area contributed by atoms with Gasteiger partial charge in [-0.3, -0.25) is 0 Å². The second-order valence-electron chi connectivity index (χ2n) is 4.66. The number of methoxy groups -OCH3 is 2. The molecule has 0 aliphatic heterocycles. The van der Waals surface area contributed by atoms with Crippen LogP contribution in [0.2, 0.25) is 0 Å². The molecule has 5 heteroatoms. The van der Waals surface area contributed by atoms with Crippen LogP contribution in [-0.2, 0) is 6.54 Å². The van der Waals surface area contributed by atoms with E-state index in [1.54, 1.807) is 14.2 Å². The first-order valence-electron chi connectivity index (χ1n) is 6.66. The number of ether oxygens (including phenoxy) is 2. The predicted molar refractivity (Wildman–Crippen MR) is 81.6 cm³/mol. The summed E-state index contributed by atoms with van der Waals surface area (Å²) in [6.07, 6.45) is 3.92. The molecule has 1 aromatic carbocycles. The zero-order valence-electron chi connectivity index (χ0n) is 12.0. The highest BCUT2D eigenvalue weighted by Crippen LogP contribution is 2.33. The van der Waals surface area contributed by atoms with Gasteiger partial charge >= 0.3 is 0 Å². The molecule has 5 nitrogen and oxygen atoms in total. The SMILES string of the molecule is COc1ccc(OC)c(-c2cn3cccc(CN)c3n2)c1. The average Bonchev–Trinajstić information content (AvgIpc) is 2.98. The van der Waals surface area contributed by atoms with Crippen LogP contribution in [0.15, 0.2) is 42.7 Å². The number of pyridine rings is 1. The smallest absolute Gasteiger partial charge is 0.141 e. The standard InChI is InChI=1S/C16H17N3O2/c1-20-12-5-6-15(21-2)13(8-12)14-10-19-7-3-4-11(9-17)16(19)18-14/h3-8,10H,9,17H2,1-2H3. The highest BCUT2D eigenvalue weighted by atomic mass is 16.5. The largest absolute Gasteiger partial charge is 0.497 e. The molecule has 0 spiro atoms. The maximum absolute atomic E-state index is 5.77. The summed E-state index contributed by atoms with van der Waals surface area (Å²) in [6.45, 7) is 0.454. The molecule has 0 aliphatic rings. The molecule has 2 heterocycles. The molecule has 0 radical (unpaired) electrons. The van der Waals surface area contributed by atoms with E-state index in [-0.39, 0.29) is 0 Å². The van der Waals surface area contributed by atoms with Crippen LogP contribution in [0.1, 0.15) is 5.56 Å². The van der Waals surface area contributed by atoms with Gasteiger partial charge in [-0.25, -0.2) is 4.98 Å². The third kappa shape index (κ3) is 2.32. The first kappa shape index (κ1) is 13.5. The molecule has 0 aliphatic carbocycles. The van der Waals surface area contributed by atoms with Crippen LogP contribution < -0.4 is 15.2 Å². The zero-order chi connectivity index (χ0) is 14.8. The molecule has 2 N–H and O–H groups in total. The van der Waals surface area contributed by atoms with Gasteiger partial charge in [0.2, 0.25) is 0 Å². The summed E-state index contributed by atoms with van der Waals surface area (Å²) in [7, 11) is 3.29. The maximum atomic E-state index is 5.77. The van der Waals surface area contributed by atoms with Gasteiger partial charge in [-0.05, 0) is 24.3 Å². The van der Waals surface area contributed by atoms with Crippen molar-refractivity contribution in [2.24, 2.45) is 5.73 Å². The first-order chi connectivity index (χ1) is 10.3. The van der Waals surface area contributed by atoms with Gasteiger partial charge in [-0.2, -0.15) is 0 Å². The minimum Gasteiger partial charge on any atom is -0.497 e. The second-order valence-corrected chi connectivity index (χ2v) is 4.66. The number of fused-ring (bicyclic) bond motifs is 1. The molecule has 0 atom stereocenters. The lowest BCUT2D eigenvalue weighted by Gasteiger charge is -2.08. The fourth-order valence-corrected chi connectivity index (χ4v) is 2.37. The van der Waals surface area contributed by atoms with E-state index in [1.165, 1.54) is 0 Å².